The van der Waals surface area contributed by atoms with E-state index in [2.05, 4.69) is 211 Å². The molecule has 1 fully saturated rings. The summed E-state index contributed by atoms with van der Waals surface area (Å²) in [6.07, 6.45) is 12.1. The maximum atomic E-state index is 7.75. The Morgan fingerprint density at radius 1 is 0.500 bits per heavy atom. The number of fused-ring (bicyclic) bond motifs is 13. The first-order chi connectivity index (χ1) is 35.8. The van der Waals surface area contributed by atoms with Gasteiger partial charge in [0.05, 0.1) is 5.69 Å². The second kappa shape index (κ2) is 15.6. The van der Waals surface area contributed by atoms with E-state index in [0.717, 1.165) is 23.8 Å². The highest BCUT2D eigenvalue weighted by molar-refractivity contribution is 7.01. The molecular weight excluding hydrogens is 920 g/mol. The highest BCUT2D eigenvalue weighted by atomic mass is 16.4. The SMILES string of the molecule is Cc1cc2c3c(c1)N(c1ccc4c(c1)C(C)(C)CCC4(C)C)c1oc4cc5c(cc4c1B3c1cc3c(cc1N2c1cc2c(cc1-c1ccccc1)C(C)(C)CCC2(C)C)C(C)(C)CCCC3(C)C)C1(C)CCC(C1)C5C. The quantitative estimate of drug-likeness (QED) is 0.130. The summed E-state index contributed by atoms with van der Waals surface area (Å²) in [6, 6.07) is 39.9. The van der Waals surface area contributed by atoms with Crippen molar-refractivity contribution in [3.8, 4) is 11.1 Å². The Morgan fingerprint density at radius 2 is 1.07 bits per heavy atom. The van der Waals surface area contributed by atoms with Gasteiger partial charge in [0, 0.05) is 39.2 Å². The molecule has 7 aromatic rings. The lowest BCUT2D eigenvalue weighted by atomic mass is 9.33. The maximum Gasteiger partial charge on any atom is 0.257 e. The van der Waals surface area contributed by atoms with Gasteiger partial charge in [0.25, 0.3) is 6.71 Å². The molecule has 7 aliphatic rings. The molecular formula is C72H83BN2O. The van der Waals surface area contributed by atoms with Gasteiger partial charge in [-0.05, 0) is 236 Å². The number of hydrogen-bond donors (Lipinski definition) is 0. The van der Waals surface area contributed by atoms with Crippen molar-refractivity contribution < 1.29 is 4.42 Å². The first-order valence-electron chi connectivity index (χ1n) is 29.7. The molecule has 1 aromatic heterocycles. The number of rotatable bonds is 3. The molecule has 1 saturated carbocycles. The van der Waals surface area contributed by atoms with Crippen LogP contribution in [0.15, 0.2) is 101 Å². The molecule has 3 unspecified atom stereocenters. The van der Waals surface area contributed by atoms with E-state index < -0.39 is 0 Å². The Labute approximate surface area is 456 Å². The van der Waals surface area contributed by atoms with Crippen LogP contribution in [-0.4, -0.2) is 6.71 Å². The molecule has 0 spiro atoms. The molecule has 3 nitrogen and oxygen atoms in total. The van der Waals surface area contributed by atoms with Crippen LogP contribution in [0.4, 0.5) is 34.3 Å². The van der Waals surface area contributed by atoms with Gasteiger partial charge in [-0.3, -0.25) is 4.90 Å². The fraction of sp³-hybridized carbons (Fsp3) is 0.472. The largest absolute Gasteiger partial charge is 0.440 e. The Morgan fingerprint density at radius 3 is 1.72 bits per heavy atom. The number of anilines is 6. The first-order valence-corrected chi connectivity index (χ1v) is 29.7. The Balaban J connectivity index is 1.14. The van der Waals surface area contributed by atoms with Gasteiger partial charge in [-0.1, -0.05) is 146 Å². The van der Waals surface area contributed by atoms with E-state index in [1.807, 2.05) is 0 Å². The second-order valence-corrected chi connectivity index (χ2v) is 30.1. The highest BCUT2D eigenvalue weighted by Crippen LogP contribution is 2.59. The van der Waals surface area contributed by atoms with Gasteiger partial charge in [0.2, 0.25) is 5.88 Å². The molecule has 5 aliphatic carbocycles. The zero-order valence-electron chi connectivity index (χ0n) is 48.8. The average Bonchev–Trinajstić information content (AvgIpc) is 4.06. The molecule has 14 rings (SSSR count). The van der Waals surface area contributed by atoms with E-state index >= 15 is 0 Å². The lowest BCUT2D eigenvalue weighted by Crippen LogP contribution is -2.61. The predicted octanol–water partition coefficient (Wildman–Crippen LogP) is 18.1. The number of hydrogen-bond acceptors (Lipinski definition) is 3. The summed E-state index contributed by atoms with van der Waals surface area (Å²) in [6.45, 7) is 37.3. The number of nitrogens with zero attached hydrogens (tertiary/aromatic N) is 2. The van der Waals surface area contributed by atoms with Gasteiger partial charge < -0.3 is 9.32 Å². The van der Waals surface area contributed by atoms with Crippen LogP contribution in [0.5, 0.6) is 0 Å². The maximum absolute atomic E-state index is 7.75. The standard InChI is InChI=1S/C72H83BN2O/c1-42-32-60-64-61(33-42)75(58-39-55-53(70(11,12)30-31-71(55,13)14)35-48(58)44-20-17-16-18-21-44)59-40-56-54(66(3,4)25-19-26-67(56,5)6)38-57(59)73(64)63-49-36-51-47(43(2)45-24-27-72(51,15)41-45)37-62(49)76-65(63)74(60)46-22-23-50-52(34-46)69(9,10)29-28-68(50,7)8/h16-18,20-23,32-40,43,45H,19,24-31,41H2,1-15H3. The van der Waals surface area contributed by atoms with E-state index in [0.29, 0.717) is 5.92 Å². The summed E-state index contributed by atoms with van der Waals surface area (Å²) in [5.74, 6) is 2.25. The summed E-state index contributed by atoms with van der Waals surface area (Å²) in [4.78, 5) is 5.39. The van der Waals surface area contributed by atoms with Crippen molar-refractivity contribution in [1.82, 2.24) is 0 Å². The third-order valence-corrected chi connectivity index (χ3v) is 22.2. The average molecular weight is 1000 g/mol. The van der Waals surface area contributed by atoms with Gasteiger partial charge in [-0.2, -0.15) is 0 Å². The molecule has 76 heavy (non-hydrogen) atoms. The number of aryl methyl sites for hydroxylation is 1. The molecule has 0 N–H and O–H groups in total. The molecule has 3 heterocycles. The van der Waals surface area contributed by atoms with E-state index in [1.54, 1.807) is 5.56 Å². The summed E-state index contributed by atoms with van der Waals surface area (Å²) < 4.78 is 7.75. The van der Waals surface area contributed by atoms with Crippen molar-refractivity contribution in [2.75, 3.05) is 9.80 Å². The summed E-state index contributed by atoms with van der Waals surface area (Å²) in [5, 5.41) is 1.30. The van der Waals surface area contributed by atoms with Crippen LogP contribution in [0.25, 0.3) is 22.1 Å². The van der Waals surface area contributed by atoms with Crippen LogP contribution in [-0.2, 0) is 37.9 Å². The van der Waals surface area contributed by atoms with Crippen LogP contribution in [0.2, 0.25) is 0 Å². The van der Waals surface area contributed by atoms with Crippen LogP contribution in [0.3, 0.4) is 0 Å². The highest BCUT2D eigenvalue weighted by Gasteiger charge is 2.52. The van der Waals surface area contributed by atoms with Crippen LogP contribution < -0.4 is 26.2 Å². The van der Waals surface area contributed by atoms with Crippen molar-refractivity contribution >= 4 is 68.4 Å². The molecule has 390 valence electrons. The second-order valence-electron chi connectivity index (χ2n) is 30.1. The fourth-order valence-corrected chi connectivity index (χ4v) is 17.1. The molecule has 4 heteroatoms. The summed E-state index contributed by atoms with van der Waals surface area (Å²) >= 11 is 0. The minimum absolute atomic E-state index is 0.00195. The van der Waals surface area contributed by atoms with Crippen molar-refractivity contribution in [3.05, 3.63) is 147 Å². The molecule has 2 bridgehead atoms. The Bertz CT molecular complexity index is 3640. The number of benzene rings is 6. The van der Waals surface area contributed by atoms with Crippen molar-refractivity contribution in [2.24, 2.45) is 5.92 Å². The van der Waals surface area contributed by atoms with Gasteiger partial charge in [0.15, 0.2) is 0 Å². The fourth-order valence-electron chi connectivity index (χ4n) is 17.1. The zero-order chi connectivity index (χ0) is 53.2. The molecule has 0 radical (unpaired) electrons. The molecule has 0 amide bonds. The van der Waals surface area contributed by atoms with Gasteiger partial charge in [-0.15, -0.1) is 0 Å². The summed E-state index contributed by atoms with van der Waals surface area (Å²) in [5.41, 5.74) is 27.9. The molecule has 6 aromatic carbocycles. The molecule has 0 saturated heterocycles. The monoisotopic (exact) mass is 1000 g/mol. The van der Waals surface area contributed by atoms with Crippen molar-refractivity contribution in [3.63, 3.8) is 0 Å². The lowest BCUT2D eigenvalue weighted by Gasteiger charge is -2.46. The minimum atomic E-state index is -0.0545. The van der Waals surface area contributed by atoms with Gasteiger partial charge >= 0.3 is 0 Å². The van der Waals surface area contributed by atoms with E-state index in [9.17, 15) is 0 Å². The third kappa shape index (κ3) is 6.79. The van der Waals surface area contributed by atoms with Crippen LogP contribution in [0.1, 0.15) is 217 Å². The van der Waals surface area contributed by atoms with Gasteiger partial charge in [-0.25, -0.2) is 0 Å². The first kappa shape index (κ1) is 48.9. The lowest BCUT2D eigenvalue weighted by molar-refractivity contribution is 0.332. The van der Waals surface area contributed by atoms with Crippen LogP contribution >= 0.6 is 0 Å². The van der Waals surface area contributed by atoms with E-state index in [1.165, 1.54) is 164 Å². The smallest absolute Gasteiger partial charge is 0.257 e. The predicted molar refractivity (Wildman–Crippen MR) is 324 cm³/mol. The van der Waals surface area contributed by atoms with Crippen molar-refractivity contribution in [2.45, 2.75) is 212 Å². The van der Waals surface area contributed by atoms with Crippen molar-refractivity contribution in [1.29, 1.82) is 0 Å². The third-order valence-electron chi connectivity index (χ3n) is 22.2. The van der Waals surface area contributed by atoms with Gasteiger partial charge in [0.1, 0.15) is 5.58 Å². The van der Waals surface area contributed by atoms with Crippen LogP contribution in [0, 0.1) is 12.8 Å². The minimum Gasteiger partial charge on any atom is -0.440 e. The normalized spacial score (nSPS) is 25.1. The molecule has 2 aliphatic heterocycles. The Hall–Kier alpha value is -5.48. The topological polar surface area (TPSA) is 19.6 Å². The Kier molecular flexibility index (Phi) is 10.0. The zero-order valence-corrected chi connectivity index (χ0v) is 48.8. The molecule has 3 atom stereocenters. The summed E-state index contributed by atoms with van der Waals surface area (Å²) in [7, 11) is 0. The number of furan rings is 1. The van der Waals surface area contributed by atoms with E-state index in [4.69, 9.17) is 4.42 Å². The van der Waals surface area contributed by atoms with E-state index in [-0.39, 0.29) is 44.6 Å².